The van der Waals surface area contributed by atoms with Crippen molar-refractivity contribution >= 4 is 0 Å². The van der Waals surface area contributed by atoms with Crippen molar-refractivity contribution in [3.63, 3.8) is 0 Å². The van der Waals surface area contributed by atoms with Gasteiger partial charge in [-0.15, -0.1) is 13.2 Å². The smallest absolute Gasteiger partial charge is 0.403 e. The first kappa shape index (κ1) is 19.6. The maximum absolute atomic E-state index is 14.5. The number of ether oxygens (including phenoxy) is 2. The fourth-order valence-corrected chi connectivity index (χ4v) is 3.33. The van der Waals surface area contributed by atoms with E-state index in [-0.39, 0.29) is 23.3 Å². The maximum atomic E-state index is 14.5. The molecule has 0 bridgehead atoms. The monoisotopic (exact) mass is 386 g/mol. The Morgan fingerprint density at radius 1 is 1.04 bits per heavy atom. The van der Waals surface area contributed by atoms with E-state index >= 15 is 0 Å². The molecule has 1 heterocycles. The molecular weight excluding hydrogens is 367 g/mol. The van der Waals surface area contributed by atoms with Crippen LogP contribution < -0.4 is 4.74 Å². The molecule has 2 aromatic rings. The molecule has 146 valence electrons. The maximum Gasteiger partial charge on any atom is 0.573 e. The first-order chi connectivity index (χ1) is 12.8. The average Bonchev–Trinajstić information content (AvgIpc) is 3.05. The SMILES string of the molecule is CCCC1CCC(c2ccc(-c3ccc(OC(F)(F)F)c(F)c3)c(F)c2)O1. The number of rotatable bonds is 5. The Labute approximate surface area is 153 Å². The fraction of sp³-hybridized carbons (Fsp3) is 0.400. The Bertz CT molecular complexity index is 803. The molecule has 1 saturated heterocycles. The number of alkyl halides is 3. The third-order valence-corrected chi connectivity index (χ3v) is 4.55. The van der Waals surface area contributed by atoms with Gasteiger partial charge in [-0.05, 0) is 48.6 Å². The molecule has 1 fully saturated rings. The van der Waals surface area contributed by atoms with Crippen molar-refractivity contribution in [1.82, 2.24) is 0 Å². The summed E-state index contributed by atoms with van der Waals surface area (Å²) in [5.74, 6) is -2.75. The van der Waals surface area contributed by atoms with Crippen LogP contribution in [0.2, 0.25) is 0 Å². The van der Waals surface area contributed by atoms with Gasteiger partial charge < -0.3 is 9.47 Å². The molecule has 27 heavy (non-hydrogen) atoms. The van der Waals surface area contributed by atoms with Crippen LogP contribution in [0, 0.1) is 11.6 Å². The van der Waals surface area contributed by atoms with Crippen molar-refractivity contribution in [3.8, 4) is 16.9 Å². The van der Waals surface area contributed by atoms with E-state index in [0.29, 0.717) is 5.56 Å². The van der Waals surface area contributed by atoms with Crippen molar-refractivity contribution < 1.29 is 31.4 Å². The van der Waals surface area contributed by atoms with E-state index < -0.39 is 23.7 Å². The van der Waals surface area contributed by atoms with Gasteiger partial charge in [-0.25, -0.2) is 8.78 Å². The molecule has 0 aromatic heterocycles. The summed E-state index contributed by atoms with van der Waals surface area (Å²) in [5.41, 5.74) is 0.925. The van der Waals surface area contributed by atoms with E-state index in [0.717, 1.165) is 37.8 Å². The highest BCUT2D eigenvalue weighted by molar-refractivity contribution is 5.65. The third-order valence-electron chi connectivity index (χ3n) is 4.55. The van der Waals surface area contributed by atoms with E-state index in [1.165, 1.54) is 18.2 Å². The van der Waals surface area contributed by atoms with Crippen molar-refractivity contribution in [1.29, 1.82) is 0 Å². The van der Waals surface area contributed by atoms with Gasteiger partial charge in [0.05, 0.1) is 12.2 Å². The molecule has 1 aliphatic heterocycles. The molecule has 0 amide bonds. The predicted molar refractivity (Wildman–Crippen MR) is 90.2 cm³/mol. The second-order valence-electron chi connectivity index (χ2n) is 6.55. The first-order valence-corrected chi connectivity index (χ1v) is 8.77. The molecule has 1 aliphatic rings. The van der Waals surface area contributed by atoms with Crippen LogP contribution in [0.5, 0.6) is 5.75 Å². The van der Waals surface area contributed by atoms with Crippen LogP contribution in [0.3, 0.4) is 0 Å². The lowest BCUT2D eigenvalue weighted by molar-refractivity contribution is -0.275. The minimum atomic E-state index is -4.99. The molecule has 2 nitrogen and oxygen atoms in total. The quantitative estimate of drug-likeness (QED) is 0.543. The zero-order valence-electron chi connectivity index (χ0n) is 14.7. The Balaban J connectivity index is 1.79. The summed E-state index contributed by atoms with van der Waals surface area (Å²) in [5, 5.41) is 0. The van der Waals surface area contributed by atoms with Crippen LogP contribution in [0.25, 0.3) is 11.1 Å². The average molecular weight is 386 g/mol. The van der Waals surface area contributed by atoms with Gasteiger partial charge in [0.1, 0.15) is 5.82 Å². The molecular formula is C20H19F5O2. The molecule has 2 atom stereocenters. The van der Waals surface area contributed by atoms with Gasteiger partial charge in [0, 0.05) is 5.56 Å². The van der Waals surface area contributed by atoms with Gasteiger partial charge in [0.2, 0.25) is 0 Å². The van der Waals surface area contributed by atoms with E-state index in [9.17, 15) is 22.0 Å². The van der Waals surface area contributed by atoms with Gasteiger partial charge in [0.25, 0.3) is 0 Å². The zero-order chi connectivity index (χ0) is 19.6. The van der Waals surface area contributed by atoms with Crippen molar-refractivity contribution in [2.45, 2.75) is 51.2 Å². The topological polar surface area (TPSA) is 18.5 Å². The van der Waals surface area contributed by atoms with E-state index in [4.69, 9.17) is 4.74 Å². The Kier molecular flexibility index (Phi) is 5.69. The summed E-state index contributed by atoms with van der Waals surface area (Å²) in [4.78, 5) is 0. The second-order valence-corrected chi connectivity index (χ2v) is 6.55. The number of halogens is 5. The van der Waals surface area contributed by atoms with Crippen LogP contribution in [0.1, 0.15) is 44.3 Å². The molecule has 0 saturated carbocycles. The first-order valence-electron chi connectivity index (χ1n) is 8.77. The Morgan fingerprint density at radius 3 is 2.44 bits per heavy atom. The molecule has 0 N–H and O–H groups in total. The molecule has 3 rings (SSSR count). The lowest BCUT2D eigenvalue weighted by Gasteiger charge is -2.15. The minimum absolute atomic E-state index is 0.0966. The highest BCUT2D eigenvalue weighted by atomic mass is 19.4. The molecule has 2 unspecified atom stereocenters. The number of benzene rings is 2. The summed E-state index contributed by atoms with van der Waals surface area (Å²) in [6, 6.07) is 7.37. The molecule has 0 aliphatic carbocycles. The van der Waals surface area contributed by atoms with Gasteiger partial charge in [-0.3, -0.25) is 0 Å². The lowest BCUT2D eigenvalue weighted by atomic mass is 9.99. The van der Waals surface area contributed by atoms with Gasteiger partial charge in [0.15, 0.2) is 11.6 Å². The van der Waals surface area contributed by atoms with Crippen LogP contribution in [-0.2, 0) is 4.74 Å². The van der Waals surface area contributed by atoms with Gasteiger partial charge >= 0.3 is 6.36 Å². The van der Waals surface area contributed by atoms with Crippen LogP contribution >= 0.6 is 0 Å². The standard InChI is InChI=1S/C20H19F5O2/c1-2-3-14-6-9-18(26-14)13-4-7-15(16(21)11-13)12-5-8-19(17(22)10-12)27-20(23,24)25/h4-5,7-8,10-11,14,18H,2-3,6,9H2,1H3. The largest absolute Gasteiger partial charge is 0.573 e. The molecule has 0 radical (unpaired) electrons. The summed E-state index contributed by atoms with van der Waals surface area (Å²) < 4.78 is 74.6. The summed E-state index contributed by atoms with van der Waals surface area (Å²) in [6.07, 6.45) is -1.28. The predicted octanol–water partition coefficient (Wildman–Crippen LogP) is 6.55. The highest BCUT2D eigenvalue weighted by Crippen LogP contribution is 2.37. The van der Waals surface area contributed by atoms with Gasteiger partial charge in [-0.1, -0.05) is 31.5 Å². The van der Waals surface area contributed by atoms with E-state index in [1.807, 2.05) is 0 Å². The van der Waals surface area contributed by atoms with Crippen LogP contribution in [0.15, 0.2) is 36.4 Å². The second kappa shape index (κ2) is 7.84. The van der Waals surface area contributed by atoms with E-state index in [1.54, 1.807) is 6.07 Å². The van der Waals surface area contributed by atoms with Crippen molar-refractivity contribution in [2.75, 3.05) is 0 Å². The normalized spacial score (nSPS) is 20.1. The highest BCUT2D eigenvalue weighted by Gasteiger charge is 2.32. The Hall–Kier alpha value is -2.15. The van der Waals surface area contributed by atoms with Crippen LogP contribution in [-0.4, -0.2) is 12.5 Å². The van der Waals surface area contributed by atoms with Gasteiger partial charge in [-0.2, -0.15) is 0 Å². The minimum Gasteiger partial charge on any atom is -0.403 e. The fourth-order valence-electron chi connectivity index (χ4n) is 3.33. The van der Waals surface area contributed by atoms with Crippen LogP contribution in [0.4, 0.5) is 22.0 Å². The summed E-state index contributed by atoms with van der Waals surface area (Å²) >= 11 is 0. The number of hydrogen-bond donors (Lipinski definition) is 0. The number of hydrogen-bond acceptors (Lipinski definition) is 2. The summed E-state index contributed by atoms with van der Waals surface area (Å²) in [7, 11) is 0. The van der Waals surface area contributed by atoms with E-state index in [2.05, 4.69) is 11.7 Å². The summed E-state index contributed by atoms with van der Waals surface area (Å²) in [6.45, 7) is 2.08. The lowest BCUT2D eigenvalue weighted by Crippen LogP contribution is -2.17. The molecule has 0 spiro atoms. The van der Waals surface area contributed by atoms with Crippen molar-refractivity contribution in [2.24, 2.45) is 0 Å². The zero-order valence-corrected chi connectivity index (χ0v) is 14.7. The van der Waals surface area contributed by atoms with Crippen molar-refractivity contribution in [3.05, 3.63) is 53.6 Å². The molecule has 7 heteroatoms. The Morgan fingerprint density at radius 2 is 1.81 bits per heavy atom. The third kappa shape index (κ3) is 4.77. The molecule has 2 aromatic carbocycles.